The maximum absolute atomic E-state index is 4.75. The van der Waals surface area contributed by atoms with Gasteiger partial charge in [0.25, 0.3) is 0 Å². The van der Waals surface area contributed by atoms with Crippen molar-refractivity contribution in [3.05, 3.63) is 60.4 Å². The van der Waals surface area contributed by atoms with Gasteiger partial charge >= 0.3 is 0 Å². The van der Waals surface area contributed by atoms with E-state index in [1.54, 1.807) is 0 Å². The van der Waals surface area contributed by atoms with Gasteiger partial charge in [-0.05, 0) is 24.3 Å². The first kappa shape index (κ1) is 11.0. The third kappa shape index (κ3) is 1.70. The van der Waals surface area contributed by atoms with E-state index in [9.17, 15) is 0 Å². The smallest absolute Gasteiger partial charge is 0.117 e. The van der Waals surface area contributed by atoms with Crippen LogP contribution in [0.2, 0.25) is 0 Å². The first-order valence-corrected chi connectivity index (χ1v) is 6.30. The van der Waals surface area contributed by atoms with E-state index in [1.165, 1.54) is 11.2 Å². The van der Waals surface area contributed by atoms with Crippen LogP contribution >= 0.6 is 0 Å². The van der Waals surface area contributed by atoms with E-state index in [4.69, 9.17) is 4.98 Å². The zero-order valence-electron chi connectivity index (χ0n) is 10.7. The minimum atomic E-state index is 0.401. The topological polar surface area (TPSA) is 17.8 Å². The highest BCUT2D eigenvalue weighted by molar-refractivity contribution is 5.78. The fourth-order valence-electron chi connectivity index (χ4n) is 2.28. The fourth-order valence-corrected chi connectivity index (χ4v) is 2.28. The van der Waals surface area contributed by atoms with Gasteiger partial charge < -0.3 is 0 Å². The van der Waals surface area contributed by atoms with Crippen LogP contribution in [0.5, 0.6) is 0 Å². The monoisotopic (exact) mass is 236 g/mol. The number of fused-ring (bicyclic) bond motifs is 1. The summed E-state index contributed by atoms with van der Waals surface area (Å²) >= 11 is 0. The standard InChI is InChI=1S/C16H16N2/c1-12(2)16-17-14-10-6-7-11-15(14)18(16)13-8-4-3-5-9-13/h3-12H,1-2H3. The fraction of sp³-hybridized carbons (Fsp3) is 0.188. The van der Waals surface area contributed by atoms with Crippen LogP contribution in [0.4, 0.5) is 0 Å². The highest BCUT2D eigenvalue weighted by Crippen LogP contribution is 2.25. The van der Waals surface area contributed by atoms with Crippen molar-refractivity contribution < 1.29 is 0 Å². The summed E-state index contributed by atoms with van der Waals surface area (Å²) < 4.78 is 2.25. The largest absolute Gasteiger partial charge is 0.296 e. The minimum absolute atomic E-state index is 0.401. The van der Waals surface area contributed by atoms with Gasteiger partial charge in [0.05, 0.1) is 11.0 Å². The average Bonchev–Trinajstić information content (AvgIpc) is 2.79. The molecule has 0 saturated carbocycles. The maximum Gasteiger partial charge on any atom is 0.117 e. The van der Waals surface area contributed by atoms with Crippen LogP contribution in [0.1, 0.15) is 25.6 Å². The quantitative estimate of drug-likeness (QED) is 0.653. The Morgan fingerprint density at radius 3 is 2.28 bits per heavy atom. The second-order valence-electron chi connectivity index (χ2n) is 4.78. The molecule has 2 nitrogen and oxygen atoms in total. The van der Waals surface area contributed by atoms with Crippen molar-refractivity contribution in [2.45, 2.75) is 19.8 Å². The number of nitrogens with zero attached hydrogens (tertiary/aromatic N) is 2. The molecule has 0 aliphatic rings. The van der Waals surface area contributed by atoms with Crippen LogP contribution in [0.3, 0.4) is 0 Å². The molecule has 0 N–H and O–H groups in total. The molecule has 3 rings (SSSR count). The van der Waals surface area contributed by atoms with E-state index in [0.717, 1.165) is 11.3 Å². The molecule has 1 heterocycles. The predicted molar refractivity (Wildman–Crippen MR) is 75.2 cm³/mol. The first-order valence-electron chi connectivity index (χ1n) is 6.30. The van der Waals surface area contributed by atoms with E-state index in [1.807, 2.05) is 12.1 Å². The second kappa shape index (κ2) is 4.30. The Hall–Kier alpha value is -2.09. The highest BCUT2D eigenvalue weighted by atomic mass is 15.1. The van der Waals surface area contributed by atoms with Crippen molar-refractivity contribution in [2.75, 3.05) is 0 Å². The molecule has 0 atom stereocenters. The van der Waals surface area contributed by atoms with Crippen LogP contribution in [0.25, 0.3) is 16.7 Å². The van der Waals surface area contributed by atoms with Crippen LogP contribution in [0.15, 0.2) is 54.6 Å². The summed E-state index contributed by atoms with van der Waals surface area (Å²) in [5, 5.41) is 0. The van der Waals surface area contributed by atoms with Gasteiger partial charge in [-0.1, -0.05) is 44.2 Å². The summed E-state index contributed by atoms with van der Waals surface area (Å²) in [7, 11) is 0. The summed E-state index contributed by atoms with van der Waals surface area (Å²) in [6.45, 7) is 4.36. The Bertz CT molecular complexity index is 666. The van der Waals surface area contributed by atoms with Crippen molar-refractivity contribution in [1.29, 1.82) is 0 Å². The van der Waals surface area contributed by atoms with Crippen LogP contribution in [-0.4, -0.2) is 9.55 Å². The van der Waals surface area contributed by atoms with E-state index in [2.05, 4.69) is 60.9 Å². The van der Waals surface area contributed by atoms with Crippen molar-refractivity contribution in [1.82, 2.24) is 9.55 Å². The molecule has 0 unspecified atom stereocenters. The van der Waals surface area contributed by atoms with Crippen molar-refractivity contribution in [3.63, 3.8) is 0 Å². The lowest BCUT2D eigenvalue weighted by Gasteiger charge is -2.11. The molecule has 0 saturated heterocycles. The van der Waals surface area contributed by atoms with Crippen LogP contribution in [0, 0.1) is 0 Å². The molecule has 90 valence electrons. The van der Waals surface area contributed by atoms with E-state index in [0.29, 0.717) is 5.92 Å². The number of benzene rings is 2. The molecule has 2 aromatic carbocycles. The Balaban J connectivity index is 2.35. The average molecular weight is 236 g/mol. The van der Waals surface area contributed by atoms with Crippen molar-refractivity contribution in [3.8, 4) is 5.69 Å². The lowest BCUT2D eigenvalue weighted by molar-refractivity contribution is 0.760. The summed E-state index contributed by atoms with van der Waals surface area (Å²) in [6, 6.07) is 18.7. The molecule has 0 bridgehead atoms. The number of rotatable bonds is 2. The van der Waals surface area contributed by atoms with Crippen molar-refractivity contribution in [2.24, 2.45) is 0 Å². The molecule has 2 heteroatoms. The van der Waals surface area contributed by atoms with Gasteiger partial charge in [0.2, 0.25) is 0 Å². The molecule has 0 amide bonds. The third-order valence-corrected chi connectivity index (χ3v) is 3.12. The van der Waals surface area contributed by atoms with Gasteiger partial charge in [-0.25, -0.2) is 4.98 Å². The normalized spacial score (nSPS) is 11.3. The van der Waals surface area contributed by atoms with Gasteiger partial charge in [0, 0.05) is 11.6 Å². The molecule has 1 aromatic heterocycles. The Morgan fingerprint density at radius 2 is 1.56 bits per heavy atom. The number of hydrogen-bond donors (Lipinski definition) is 0. The minimum Gasteiger partial charge on any atom is -0.296 e. The molecule has 0 spiro atoms. The lowest BCUT2D eigenvalue weighted by Crippen LogP contribution is -2.02. The maximum atomic E-state index is 4.75. The first-order chi connectivity index (χ1) is 8.77. The number of imidazole rings is 1. The SMILES string of the molecule is CC(C)c1nc2ccccc2n1-c1ccccc1. The number of para-hydroxylation sites is 3. The van der Waals surface area contributed by atoms with E-state index in [-0.39, 0.29) is 0 Å². The van der Waals surface area contributed by atoms with E-state index >= 15 is 0 Å². The number of aromatic nitrogens is 2. The molecule has 18 heavy (non-hydrogen) atoms. The van der Waals surface area contributed by atoms with Gasteiger partial charge in [-0.2, -0.15) is 0 Å². The summed E-state index contributed by atoms with van der Waals surface area (Å²) in [4.78, 5) is 4.75. The highest BCUT2D eigenvalue weighted by Gasteiger charge is 2.14. The third-order valence-electron chi connectivity index (χ3n) is 3.12. The van der Waals surface area contributed by atoms with Gasteiger partial charge in [-0.15, -0.1) is 0 Å². The molecule has 0 fully saturated rings. The van der Waals surface area contributed by atoms with Gasteiger partial charge in [-0.3, -0.25) is 4.57 Å². The zero-order valence-corrected chi connectivity index (χ0v) is 10.7. The zero-order chi connectivity index (χ0) is 12.5. The second-order valence-corrected chi connectivity index (χ2v) is 4.78. The molecule has 0 radical (unpaired) electrons. The van der Waals surface area contributed by atoms with Crippen LogP contribution < -0.4 is 0 Å². The lowest BCUT2D eigenvalue weighted by atomic mass is 10.2. The Kier molecular flexibility index (Phi) is 2.63. The Labute approximate surface area is 107 Å². The van der Waals surface area contributed by atoms with Gasteiger partial charge in [0.15, 0.2) is 0 Å². The van der Waals surface area contributed by atoms with Crippen LogP contribution in [-0.2, 0) is 0 Å². The van der Waals surface area contributed by atoms with Crippen molar-refractivity contribution >= 4 is 11.0 Å². The predicted octanol–water partition coefficient (Wildman–Crippen LogP) is 4.15. The van der Waals surface area contributed by atoms with Gasteiger partial charge in [0.1, 0.15) is 5.82 Å². The number of hydrogen-bond acceptors (Lipinski definition) is 1. The molecule has 0 aliphatic heterocycles. The molecular formula is C16H16N2. The summed E-state index contributed by atoms with van der Waals surface area (Å²) in [5.41, 5.74) is 3.41. The summed E-state index contributed by atoms with van der Waals surface area (Å²) in [5.74, 6) is 1.51. The molecular weight excluding hydrogens is 220 g/mol. The molecule has 3 aromatic rings. The summed E-state index contributed by atoms with van der Waals surface area (Å²) in [6.07, 6.45) is 0. The Morgan fingerprint density at radius 1 is 0.889 bits per heavy atom. The van der Waals surface area contributed by atoms with E-state index < -0.39 is 0 Å². The molecule has 0 aliphatic carbocycles.